The predicted molar refractivity (Wildman–Crippen MR) is 141 cm³/mol. The molecule has 4 aromatic carbocycles. The highest BCUT2D eigenvalue weighted by Crippen LogP contribution is 2.37. The fourth-order valence-corrected chi connectivity index (χ4v) is 4.28. The Labute approximate surface area is 216 Å². The molecule has 1 amide bonds. The van der Waals surface area contributed by atoms with Crippen LogP contribution in [-0.2, 0) is 4.79 Å². The van der Waals surface area contributed by atoms with Gasteiger partial charge in [0.1, 0.15) is 5.75 Å². The van der Waals surface area contributed by atoms with E-state index in [4.69, 9.17) is 0 Å². The minimum atomic E-state index is -4.79. The third-order valence-corrected chi connectivity index (χ3v) is 5.93. The van der Waals surface area contributed by atoms with E-state index in [0.29, 0.717) is 22.4 Å². The Morgan fingerprint density at radius 2 is 1.34 bits per heavy atom. The van der Waals surface area contributed by atoms with Crippen LogP contribution in [0.15, 0.2) is 103 Å². The van der Waals surface area contributed by atoms with Crippen molar-refractivity contribution >= 4 is 35.1 Å². The molecule has 0 atom stereocenters. The van der Waals surface area contributed by atoms with E-state index in [1.807, 2.05) is 66.7 Å². The molecule has 188 valence electrons. The highest BCUT2D eigenvalue weighted by atomic mass is 19.4. The molecule has 0 aromatic heterocycles. The Bertz CT molecular complexity index is 1530. The molecular weight excluding hydrogens is 491 g/mol. The fourth-order valence-electron chi connectivity index (χ4n) is 4.28. The summed E-state index contributed by atoms with van der Waals surface area (Å²) in [4.78, 5) is 25.3. The third kappa shape index (κ3) is 5.57. The molecule has 5 rings (SSSR count). The van der Waals surface area contributed by atoms with Gasteiger partial charge in [0.05, 0.1) is 0 Å². The molecule has 0 heterocycles. The van der Waals surface area contributed by atoms with Gasteiger partial charge in [0.2, 0.25) is 5.91 Å². The molecule has 0 radical (unpaired) electrons. The smallest absolute Gasteiger partial charge is 0.406 e. The average Bonchev–Trinajstić information content (AvgIpc) is 2.90. The van der Waals surface area contributed by atoms with E-state index in [-0.39, 0.29) is 11.5 Å². The number of halogens is 3. The number of rotatable bonds is 5. The van der Waals surface area contributed by atoms with Crippen LogP contribution < -0.4 is 10.1 Å². The maximum Gasteiger partial charge on any atom is 0.573 e. The lowest BCUT2D eigenvalue weighted by Crippen LogP contribution is -2.17. The van der Waals surface area contributed by atoms with Gasteiger partial charge in [-0.05, 0) is 64.2 Å². The third-order valence-electron chi connectivity index (χ3n) is 5.93. The second-order valence-electron chi connectivity index (χ2n) is 8.54. The molecule has 0 saturated carbocycles. The molecule has 1 aliphatic rings. The summed E-state index contributed by atoms with van der Waals surface area (Å²) >= 11 is 0. The minimum absolute atomic E-state index is 0.000861. The van der Waals surface area contributed by atoms with Gasteiger partial charge < -0.3 is 10.1 Å². The van der Waals surface area contributed by atoms with Gasteiger partial charge in [0.25, 0.3) is 0 Å². The average molecular weight is 511 g/mol. The lowest BCUT2D eigenvalue weighted by atomic mass is 9.81. The number of carbonyl (C=O) groups excluding carboxylic acids is 2. The number of carbonyl (C=O) groups is 2. The highest BCUT2D eigenvalue weighted by molar-refractivity contribution is 6.20. The molecule has 7 heteroatoms. The molecule has 0 spiro atoms. The number of benzene rings is 4. The maximum atomic E-state index is 12.9. The summed E-state index contributed by atoms with van der Waals surface area (Å²) in [6.45, 7) is 0. The number of hydrogen-bond acceptors (Lipinski definition) is 3. The first-order valence-electron chi connectivity index (χ1n) is 11.7. The zero-order valence-corrected chi connectivity index (χ0v) is 19.8. The van der Waals surface area contributed by atoms with Crippen LogP contribution in [0.4, 0.5) is 18.9 Å². The normalized spacial score (nSPS) is 12.6. The largest absolute Gasteiger partial charge is 0.573 e. The van der Waals surface area contributed by atoms with Crippen molar-refractivity contribution in [3.8, 4) is 5.75 Å². The number of ether oxygens (including phenoxy) is 1. The molecule has 0 fully saturated rings. The SMILES string of the molecule is O=C(/C=C/c1cccc(OC(F)(F)F)c1)Nc1ccc(C=C2c3ccccc3C(=O)c3ccccc32)cc1. The van der Waals surface area contributed by atoms with Crippen LogP contribution in [-0.4, -0.2) is 18.1 Å². The number of nitrogens with one attached hydrogen (secondary N) is 1. The van der Waals surface area contributed by atoms with Crippen molar-refractivity contribution in [3.05, 3.63) is 137 Å². The van der Waals surface area contributed by atoms with Gasteiger partial charge in [-0.2, -0.15) is 0 Å². The molecule has 38 heavy (non-hydrogen) atoms. The first-order valence-corrected chi connectivity index (χ1v) is 11.7. The van der Waals surface area contributed by atoms with Crippen molar-refractivity contribution in [2.24, 2.45) is 0 Å². The molecule has 4 aromatic rings. The quantitative estimate of drug-likeness (QED) is 0.251. The molecule has 4 nitrogen and oxygen atoms in total. The van der Waals surface area contributed by atoms with Crippen molar-refractivity contribution in [2.75, 3.05) is 5.32 Å². The Balaban J connectivity index is 1.32. The van der Waals surface area contributed by atoms with Crippen LogP contribution in [0.5, 0.6) is 5.75 Å². The van der Waals surface area contributed by atoms with Crippen molar-refractivity contribution in [3.63, 3.8) is 0 Å². The topological polar surface area (TPSA) is 55.4 Å². The number of anilines is 1. The Kier molecular flexibility index (Phi) is 6.66. The van der Waals surface area contributed by atoms with Crippen LogP contribution >= 0.6 is 0 Å². The summed E-state index contributed by atoms with van der Waals surface area (Å²) in [5.41, 5.74) is 5.80. The van der Waals surface area contributed by atoms with E-state index in [0.717, 1.165) is 22.3 Å². The Morgan fingerprint density at radius 3 is 1.95 bits per heavy atom. The van der Waals surface area contributed by atoms with Crippen molar-refractivity contribution < 1.29 is 27.5 Å². The lowest BCUT2D eigenvalue weighted by Gasteiger charge is -2.21. The molecule has 0 bridgehead atoms. The van der Waals surface area contributed by atoms with Crippen LogP contribution in [0.3, 0.4) is 0 Å². The second-order valence-corrected chi connectivity index (χ2v) is 8.54. The molecule has 0 aliphatic heterocycles. The Morgan fingerprint density at radius 1 is 0.737 bits per heavy atom. The van der Waals surface area contributed by atoms with Crippen LogP contribution in [0.1, 0.15) is 38.2 Å². The molecule has 0 saturated heterocycles. The van der Waals surface area contributed by atoms with Crippen molar-refractivity contribution in [1.82, 2.24) is 0 Å². The van der Waals surface area contributed by atoms with E-state index in [1.165, 1.54) is 30.4 Å². The van der Waals surface area contributed by atoms with Crippen LogP contribution in [0, 0.1) is 0 Å². The summed E-state index contributed by atoms with van der Waals surface area (Å²) in [7, 11) is 0. The number of ketones is 1. The van der Waals surface area contributed by atoms with Gasteiger partial charge in [0, 0.05) is 22.9 Å². The van der Waals surface area contributed by atoms with Gasteiger partial charge in [-0.3, -0.25) is 9.59 Å². The van der Waals surface area contributed by atoms with Gasteiger partial charge in [-0.1, -0.05) is 72.8 Å². The molecular formula is C31H20F3NO3. The molecule has 1 N–H and O–H groups in total. The standard InChI is InChI=1S/C31H20F3NO3/c32-31(33,34)38-23-7-5-6-20(18-23)14-17-29(36)35-22-15-12-21(13-16-22)19-28-24-8-1-3-10-26(24)30(37)27-11-4-2-9-25(27)28/h1-19H,(H,35,36)/b17-14+. The van der Waals surface area contributed by atoms with Gasteiger partial charge in [0.15, 0.2) is 5.78 Å². The second kappa shape index (κ2) is 10.2. The van der Waals surface area contributed by atoms with Crippen LogP contribution in [0.25, 0.3) is 17.7 Å². The van der Waals surface area contributed by atoms with E-state index >= 15 is 0 Å². The first-order chi connectivity index (χ1) is 18.3. The first kappa shape index (κ1) is 24.8. The number of alkyl halides is 3. The lowest BCUT2D eigenvalue weighted by molar-refractivity contribution is -0.274. The summed E-state index contributed by atoms with van der Waals surface area (Å²) < 4.78 is 41.1. The zero-order chi connectivity index (χ0) is 26.7. The van der Waals surface area contributed by atoms with Gasteiger partial charge >= 0.3 is 6.36 Å². The molecule has 1 aliphatic carbocycles. The van der Waals surface area contributed by atoms with Crippen LogP contribution in [0.2, 0.25) is 0 Å². The zero-order valence-electron chi connectivity index (χ0n) is 19.8. The number of hydrogen-bond donors (Lipinski definition) is 1. The molecule has 0 unspecified atom stereocenters. The van der Waals surface area contributed by atoms with E-state index in [1.54, 1.807) is 18.2 Å². The summed E-state index contributed by atoms with van der Waals surface area (Å²) in [6.07, 6.45) is -0.152. The van der Waals surface area contributed by atoms with Gasteiger partial charge in [-0.25, -0.2) is 0 Å². The van der Waals surface area contributed by atoms with E-state index in [9.17, 15) is 22.8 Å². The van der Waals surface area contributed by atoms with Gasteiger partial charge in [-0.15, -0.1) is 13.2 Å². The summed E-state index contributed by atoms with van der Waals surface area (Å²) in [6, 6.07) is 27.6. The number of fused-ring (bicyclic) bond motifs is 2. The summed E-state index contributed by atoms with van der Waals surface area (Å²) in [5.74, 6) is -0.802. The van der Waals surface area contributed by atoms with Crippen molar-refractivity contribution in [1.29, 1.82) is 0 Å². The van der Waals surface area contributed by atoms with E-state index < -0.39 is 12.3 Å². The monoisotopic (exact) mass is 511 g/mol. The minimum Gasteiger partial charge on any atom is -0.406 e. The number of amides is 1. The Hall–Kier alpha value is -4.91. The maximum absolute atomic E-state index is 12.9. The fraction of sp³-hybridized carbons (Fsp3) is 0.0323. The predicted octanol–water partition coefficient (Wildman–Crippen LogP) is 7.37. The van der Waals surface area contributed by atoms with E-state index in [2.05, 4.69) is 10.1 Å². The van der Waals surface area contributed by atoms with Crippen molar-refractivity contribution in [2.45, 2.75) is 6.36 Å². The summed E-state index contributed by atoms with van der Waals surface area (Å²) in [5, 5.41) is 2.73. The highest BCUT2D eigenvalue weighted by Gasteiger charge is 2.31.